The molecule has 11 heteroatoms. The molecular weight excluding hydrogens is 612 g/mol. The Morgan fingerprint density at radius 1 is 1.10 bits per heavy atom. The SMILES string of the molecule is COc1c(C)cc2c(c1O)[C@@H]1C3Cc4c(OC(C)=O)c(C)c5c(c4[C@H](CNC(=O)C=Cc4ccccc4)N3[C@@H](C#N)[C@H](C2)N1C)OCO5. The summed E-state index contributed by atoms with van der Waals surface area (Å²) in [5, 5.41) is 25.6. The Hall–Kier alpha value is -5.05. The molecule has 1 amide bonds. The number of phenols is 1. The number of aryl methyl sites for hydroxylation is 1. The van der Waals surface area contributed by atoms with Crippen LogP contribution in [0.5, 0.6) is 28.7 Å². The van der Waals surface area contributed by atoms with Crippen molar-refractivity contribution in [3.8, 4) is 34.8 Å². The minimum Gasteiger partial charge on any atom is -0.504 e. The minimum atomic E-state index is -0.583. The van der Waals surface area contributed by atoms with Gasteiger partial charge in [0.1, 0.15) is 11.8 Å². The van der Waals surface area contributed by atoms with E-state index in [1.807, 2.05) is 57.3 Å². The quantitative estimate of drug-likeness (QED) is 0.226. The first-order valence-electron chi connectivity index (χ1n) is 16.1. The lowest BCUT2D eigenvalue weighted by atomic mass is 9.71. The van der Waals surface area contributed by atoms with Gasteiger partial charge in [0.2, 0.25) is 12.7 Å². The van der Waals surface area contributed by atoms with Crippen molar-refractivity contribution in [2.24, 2.45) is 0 Å². The number of rotatable bonds is 6. The van der Waals surface area contributed by atoms with Gasteiger partial charge in [0.25, 0.3) is 0 Å². The van der Waals surface area contributed by atoms with Crippen LogP contribution in [0, 0.1) is 25.2 Å². The van der Waals surface area contributed by atoms with Crippen LogP contribution >= 0.6 is 0 Å². The van der Waals surface area contributed by atoms with Gasteiger partial charge in [0.15, 0.2) is 23.0 Å². The van der Waals surface area contributed by atoms with Gasteiger partial charge < -0.3 is 29.4 Å². The molecule has 248 valence electrons. The van der Waals surface area contributed by atoms with Gasteiger partial charge in [0.05, 0.1) is 25.3 Å². The van der Waals surface area contributed by atoms with Gasteiger partial charge in [0, 0.05) is 53.9 Å². The van der Waals surface area contributed by atoms with E-state index in [1.165, 1.54) is 13.0 Å². The highest BCUT2D eigenvalue weighted by atomic mass is 16.7. The smallest absolute Gasteiger partial charge is 0.308 e. The molecule has 3 aromatic carbocycles. The number of carbonyl (C=O) groups is 2. The third-order valence-electron chi connectivity index (χ3n) is 10.2. The highest BCUT2D eigenvalue weighted by Crippen LogP contribution is 2.58. The first-order chi connectivity index (χ1) is 23.1. The molecule has 4 aliphatic rings. The van der Waals surface area contributed by atoms with Crippen LogP contribution in [0.4, 0.5) is 0 Å². The number of benzene rings is 3. The third-order valence-corrected chi connectivity index (χ3v) is 10.2. The molecule has 1 fully saturated rings. The van der Waals surface area contributed by atoms with Gasteiger partial charge in [-0.3, -0.25) is 19.4 Å². The molecule has 1 unspecified atom stereocenters. The molecule has 3 aromatic rings. The predicted octanol–water partition coefficient (Wildman–Crippen LogP) is 4.27. The molecular formula is C37H38N4O7. The van der Waals surface area contributed by atoms with E-state index >= 15 is 0 Å². The number of nitriles is 1. The van der Waals surface area contributed by atoms with Crippen LogP contribution < -0.4 is 24.3 Å². The number of esters is 1. The molecule has 5 atom stereocenters. The predicted molar refractivity (Wildman–Crippen MR) is 176 cm³/mol. The maximum atomic E-state index is 13.3. The fourth-order valence-electron chi connectivity index (χ4n) is 8.30. The molecule has 7 rings (SSSR count). The molecule has 4 heterocycles. The van der Waals surface area contributed by atoms with Crippen molar-refractivity contribution in [3.05, 3.63) is 81.4 Å². The minimum absolute atomic E-state index is 0.00941. The topological polar surface area (TPSA) is 134 Å². The van der Waals surface area contributed by atoms with E-state index in [-0.39, 0.29) is 43.1 Å². The number of piperazine rings is 1. The van der Waals surface area contributed by atoms with Gasteiger partial charge in [-0.1, -0.05) is 36.4 Å². The highest BCUT2D eigenvalue weighted by molar-refractivity contribution is 5.91. The molecule has 0 saturated carbocycles. The molecule has 0 radical (unpaired) electrons. The van der Waals surface area contributed by atoms with Gasteiger partial charge in [-0.15, -0.1) is 0 Å². The number of hydrogen-bond donors (Lipinski definition) is 2. The van der Waals surface area contributed by atoms with Crippen molar-refractivity contribution < 1.29 is 33.6 Å². The lowest BCUT2D eigenvalue weighted by Gasteiger charge is -2.60. The number of fused-ring (bicyclic) bond motifs is 9. The molecule has 1 saturated heterocycles. The largest absolute Gasteiger partial charge is 0.504 e. The van der Waals surface area contributed by atoms with E-state index in [2.05, 4.69) is 21.2 Å². The summed E-state index contributed by atoms with van der Waals surface area (Å²) in [6.45, 7) is 5.22. The zero-order valence-electron chi connectivity index (χ0n) is 27.6. The summed E-state index contributed by atoms with van der Waals surface area (Å²) in [4.78, 5) is 30.1. The summed E-state index contributed by atoms with van der Waals surface area (Å²) in [5.41, 5.74) is 5.56. The van der Waals surface area contributed by atoms with E-state index < -0.39 is 18.1 Å². The van der Waals surface area contributed by atoms with Crippen LogP contribution in [-0.2, 0) is 22.4 Å². The van der Waals surface area contributed by atoms with Crippen LogP contribution in [-0.4, -0.2) is 72.4 Å². The summed E-state index contributed by atoms with van der Waals surface area (Å²) >= 11 is 0. The van der Waals surface area contributed by atoms with Gasteiger partial charge in [-0.25, -0.2) is 0 Å². The number of likely N-dealkylation sites (N-methyl/N-ethyl adjacent to an activating group) is 1. The number of phenolic OH excluding ortho intramolecular Hbond substituents is 1. The monoisotopic (exact) mass is 650 g/mol. The van der Waals surface area contributed by atoms with Crippen molar-refractivity contribution in [1.29, 1.82) is 5.26 Å². The molecule has 0 spiro atoms. The Labute approximate surface area is 279 Å². The Morgan fingerprint density at radius 3 is 2.56 bits per heavy atom. The summed E-state index contributed by atoms with van der Waals surface area (Å²) < 4.78 is 23.5. The second-order valence-electron chi connectivity index (χ2n) is 12.8. The van der Waals surface area contributed by atoms with E-state index in [0.717, 1.165) is 33.4 Å². The summed E-state index contributed by atoms with van der Waals surface area (Å²) in [6, 6.07) is 12.1. The maximum Gasteiger partial charge on any atom is 0.308 e. The lowest BCUT2D eigenvalue weighted by molar-refractivity contribution is -0.132. The number of amides is 1. The fraction of sp³-hybridized carbons (Fsp3) is 0.378. The third kappa shape index (κ3) is 4.95. The molecule has 48 heavy (non-hydrogen) atoms. The Kier molecular flexibility index (Phi) is 8.01. The highest BCUT2D eigenvalue weighted by Gasteiger charge is 2.56. The number of aromatic hydroxyl groups is 1. The molecule has 2 bridgehead atoms. The van der Waals surface area contributed by atoms with E-state index in [0.29, 0.717) is 41.4 Å². The van der Waals surface area contributed by atoms with Gasteiger partial charge >= 0.3 is 5.97 Å². The molecule has 2 N–H and O–H groups in total. The number of nitrogens with one attached hydrogen (secondary N) is 1. The summed E-state index contributed by atoms with van der Waals surface area (Å²) in [7, 11) is 3.53. The molecule has 0 aliphatic carbocycles. The first-order valence-corrected chi connectivity index (χ1v) is 16.1. The molecule has 11 nitrogen and oxygen atoms in total. The van der Waals surface area contributed by atoms with Gasteiger partial charge in [-0.2, -0.15) is 5.26 Å². The number of hydrogen-bond acceptors (Lipinski definition) is 10. The van der Waals surface area contributed by atoms with Crippen LogP contribution in [0.25, 0.3) is 6.08 Å². The first kappa shape index (κ1) is 31.5. The normalized spacial score (nSPS) is 23.9. The zero-order valence-corrected chi connectivity index (χ0v) is 27.6. The fourth-order valence-corrected chi connectivity index (χ4v) is 8.30. The number of carbonyl (C=O) groups excluding carboxylic acids is 2. The number of nitrogens with zero attached hydrogens (tertiary/aromatic N) is 3. The van der Waals surface area contributed by atoms with Crippen molar-refractivity contribution in [2.75, 3.05) is 27.5 Å². The van der Waals surface area contributed by atoms with Crippen molar-refractivity contribution in [1.82, 2.24) is 15.1 Å². The summed E-state index contributed by atoms with van der Waals surface area (Å²) in [6.07, 6.45) is 4.15. The van der Waals surface area contributed by atoms with Crippen molar-refractivity contribution >= 4 is 18.0 Å². The molecule has 0 aromatic heterocycles. The second kappa shape index (κ2) is 12.2. The Morgan fingerprint density at radius 2 is 1.85 bits per heavy atom. The van der Waals surface area contributed by atoms with Crippen molar-refractivity contribution in [3.63, 3.8) is 0 Å². The van der Waals surface area contributed by atoms with E-state index in [9.17, 15) is 20.0 Å². The van der Waals surface area contributed by atoms with Gasteiger partial charge in [-0.05, 0) is 56.5 Å². The number of methoxy groups -OCH3 is 1. The lowest BCUT2D eigenvalue weighted by Crippen LogP contribution is -2.68. The van der Waals surface area contributed by atoms with Crippen LogP contribution in [0.15, 0.2) is 42.5 Å². The van der Waals surface area contributed by atoms with E-state index in [4.69, 9.17) is 18.9 Å². The standard InChI is InChI=1S/C37H38N4O7/c1-19-13-23-14-25-27(16-38)41-26(32(40(25)4)30(23)33(44)34(19)45-5)15-24-31(37-36(46-18-47-37)20(2)35(24)48-21(3)42)28(41)17-39-29(43)12-11-22-9-7-6-8-10-22/h6-13,25-28,32,44H,14-15,17-18H2,1-5H3,(H,39,43)/t25-,26?,27-,28-,32-/m0/s1. The van der Waals surface area contributed by atoms with Crippen LogP contribution in [0.1, 0.15) is 58.0 Å². The Bertz CT molecular complexity index is 1890. The average Bonchev–Trinajstić information content (AvgIpc) is 3.56. The van der Waals surface area contributed by atoms with Crippen molar-refractivity contribution in [2.45, 2.75) is 63.8 Å². The average molecular weight is 651 g/mol. The second-order valence-corrected chi connectivity index (χ2v) is 12.8. The van der Waals surface area contributed by atoms with Crippen LogP contribution in [0.2, 0.25) is 0 Å². The number of ether oxygens (including phenoxy) is 4. The van der Waals surface area contributed by atoms with E-state index in [1.54, 1.807) is 13.2 Å². The zero-order chi connectivity index (χ0) is 33.9. The molecule has 4 aliphatic heterocycles. The maximum absolute atomic E-state index is 13.3. The summed E-state index contributed by atoms with van der Waals surface area (Å²) in [5.74, 6) is 1.12. The van der Waals surface area contributed by atoms with Crippen LogP contribution in [0.3, 0.4) is 0 Å². The Balaban J connectivity index is 1.39.